The largest absolute Gasteiger partial charge is 0.481 e. The van der Waals surface area contributed by atoms with Crippen molar-refractivity contribution in [2.75, 3.05) is 0 Å². The van der Waals surface area contributed by atoms with Gasteiger partial charge >= 0.3 is 11.9 Å². The fraction of sp³-hybridized carbons (Fsp3) is 0.818. The molecule has 0 aliphatic heterocycles. The highest BCUT2D eigenvalue weighted by Gasteiger charge is 2.47. The third-order valence-corrected chi connectivity index (χ3v) is 3.21. The lowest BCUT2D eigenvalue weighted by Crippen LogP contribution is -2.43. The molecule has 0 heterocycles. The third kappa shape index (κ3) is 2.94. The summed E-state index contributed by atoms with van der Waals surface area (Å²) >= 11 is 0. The van der Waals surface area contributed by atoms with E-state index in [0.717, 1.165) is 0 Å². The van der Waals surface area contributed by atoms with Crippen LogP contribution in [0, 0.1) is 10.8 Å². The molecule has 4 heteroatoms. The summed E-state index contributed by atoms with van der Waals surface area (Å²) in [5.74, 6) is -1.85. The highest BCUT2D eigenvalue weighted by atomic mass is 16.4. The third-order valence-electron chi connectivity index (χ3n) is 3.21. The average Bonchev–Trinajstić information content (AvgIpc) is 2.02. The zero-order chi connectivity index (χ0) is 12.3. The van der Waals surface area contributed by atoms with Crippen molar-refractivity contribution in [2.24, 2.45) is 10.8 Å². The van der Waals surface area contributed by atoms with Crippen LogP contribution in [0.5, 0.6) is 0 Å². The molecule has 0 saturated heterocycles. The number of hydrogen-bond acceptors (Lipinski definition) is 2. The van der Waals surface area contributed by atoms with Crippen molar-refractivity contribution in [1.29, 1.82) is 0 Å². The van der Waals surface area contributed by atoms with Crippen molar-refractivity contribution >= 4 is 11.9 Å². The van der Waals surface area contributed by atoms with E-state index in [1.807, 2.05) is 20.8 Å². The van der Waals surface area contributed by atoms with Crippen LogP contribution in [0.4, 0.5) is 0 Å². The van der Waals surface area contributed by atoms with Crippen LogP contribution in [-0.4, -0.2) is 22.2 Å². The minimum atomic E-state index is -0.953. The highest BCUT2D eigenvalue weighted by Crippen LogP contribution is 2.45. The Morgan fingerprint density at radius 1 is 1.13 bits per heavy atom. The van der Waals surface area contributed by atoms with Crippen LogP contribution in [0.1, 0.15) is 47.0 Å². The molecule has 88 valence electrons. The Morgan fingerprint density at radius 2 is 1.60 bits per heavy atom. The summed E-state index contributed by atoms with van der Waals surface area (Å²) in [5.41, 5.74) is -1.39. The van der Waals surface area contributed by atoms with Crippen LogP contribution in [0.25, 0.3) is 0 Å². The van der Waals surface area contributed by atoms with E-state index in [4.69, 9.17) is 5.11 Å². The molecule has 4 nitrogen and oxygen atoms in total. The van der Waals surface area contributed by atoms with Gasteiger partial charge in [-0.3, -0.25) is 9.59 Å². The van der Waals surface area contributed by atoms with Crippen molar-refractivity contribution in [3.05, 3.63) is 0 Å². The molecular weight excluding hydrogens is 196 g/mol. The molecule has 0 radical (unpaired) electrons. The predicted octanol–water partition coefficient (Wildman–Crippen LogP) is 2.38. The molecule has 0 aromatic carbocycles. The lowest BCUT2D eigenvalue weighted by molar-refractivity contribution is -0.158. The van der Waals surface area contributed by atoms with Gasteiger partial charge in [-0.15, -0.1) is 0 Å². The van der Waals surface area contributed by atoms with Crippen molar-refractivity contribution in [3.8, 4) is 0 Å². The van der Waals surface area contributed by atoms with E-state index in [-0.39, 0.29) is 12.8 Å². The zero-order valence-corrected chi connectivity index (χ0v) is 9.83. The number of aliphatic carboxylic acids is 2. The summed E-state index contributed by atoms with van der Waals surface area (Å²) in [6.07, 6.45) is 0.522. The Hall–Kier alpha value is -1.06. The second kappa shape index (κ2) is 4.64. The van der Waals surface area contributed by atoms with Crippen LogP contribution < -0.4 is 0 Å². The van der Waals surface area contributed by atoms with Gasteiger partial charge in [0, 0.05) is 6.42 Å². The molecule has 0 aliphatic rings. The smallest absolute Gasteiger partial charge is 0.310 e. The van der Waals surface area contributed by atoms with E-state index in [2.05, 4.69) is 0 Å². The van der Waals surface area contributed by atoms with E-state index in [1.54, 1.807) is 6.92 Å². The normalized spacial score (nSPS) is 15.7. The van der Waals surface area contributed by atoms with Gasteiger partial charge in [0.2, 0.25) is 0 Å². The number of carboxylic acids is 2. The molecule has 0 spiro atoms. The van der Waals surface area contributed by atoms with Crippen molar-refractivity contribution in [1.82, 2.24) is 0 Å². The number of carboxylic acid groups (broad SMARTS) is 2. The first-order valence-corrected chi connectivity index (χ1v) is 5.12. The molecule has 2 N–H and O–H groups in total. The van der Waals surface area contributed by atoms with Crippen LogP contribution >= 0.6 is 0 Å². The number of rotatable bonds is 5. The van der Waals surface area contributed by atoms with Gasteiger partial charge in [-0.05, 0) is 18.3 Å². The van der Waals surface area contributed by atoms with Crippen molar-refractivity contribution in [3.63, 3.8) is 0 Å². The molecule has 0 aliphatic carbocycles. The summed E-state index contributed by atoms with van der Waals surface area (Å²) in [6, 6.07) is 0. The number of hydrogen-bond donors (Lipinski definition) is 2. The molecule has 15 heavy (non-hydrogen) atoms. The zero-order valence-electron chi connectivity index (χ0n) is 9.83. The maximum Gasteiger partial charge on any atom is 0.310 e. The van der Waals surface area contributed by atoms with Gasteiger partial charge in [0.1, 0.15) is 0 Å². The van der Waals surface area contributed by atoms with Gasteiger partial charge in [-0.25, -0.2) is 0 Å². The molecule has 0 aromatic rings. The molecule has 0 aromatic heterocycles. The van der Waals surface area contributed by atoms with Gasteiger partial charge in [0.25, 0.3) is 0 Å². The van der Waals surface area contributed by atoms with E-state index in [9.17, 15) is 14.7 Å². The second-order valence-electron chi connectivity index (χ2n) is 4.88. The molecule has 1 atom stereocenters. The molecule has 0 saturated carbocycles. The van der Waals surface area contributed by atoms with Crippen LogP contribution in [0.15, 0.2) is 0 Å². The van der Waals surface area contributed by atoms with Crippen LogP contribution in [0.2, 0.25) is 0 Å². The van der Waals surface area contributed by atoms with Gasteiger partial charge in [-0.2, -0.15) is 0 Å². The lowest BCUT2D eigenvalue weighted by atomic mass is 9.62. The quantitative estimate of drug-likeness (QED) is 0.739. The highest BCUT2D eigenvalue weighted by molar-refractivity contribution is 5.77. The van der Waals surface area contributed by atoms with Crippen molar-refractivity contribution < 1.29 is 19.8 Å². The Kier molecular flexibility index (Phi) is 4.31. The average molecular weight is 216 g/mol. The molecule has 0 fully saturated rings. The van der Waals surface area contributed by atoms with Gasteiger partial charge in [0.15, 0.2) is 0 Å². The van der Waals surface area contributed by atoms with Crippen LogP contribution in [0.3, 0.4) is 0 Å². The Balaban J connectivity index is 5.00. The Labute approximate surface area is 90.3 Å². The number of carbonyl (C=O) groups is 2. The topological polar surface area (TPSA) is 74.6 Å². The molecule has 0 amide bonds. The van der Waals surface area contributed by atoms with Gasteiger partial charge in [0.05, 0.1) is 5.41 Å². The van der Waals surface area contributed by atoms with E-state index in [1.165, 1.54) is 0 Å². The molecule has 0 rings (SSSR count). The predicted molar refractivity (Wildman–Crippen MR) is 56.7 cm³/mol. The maximum atomic E-state index is 11.3. The first kappa shape index (κ1) is 13.9. The van der Waals surface area contributed by atoms with Gasteiger partial charge in [-0.1, -0.05) is 27.7 Å². The molecular formula is C11H20O4. The standard InChI is InChI=1S/C11H20O4/c1-5-11(9(14)15,10(2,3)4)7-6-8(12)13/h5-7H2,1-4H3,(H,12,13)(H,14,15). The lowest BCUT2D eigenvalue weighted by Gasteiger charge is -2.40. The van der Waals surface area contributed by atoms with E-state index >= 15 is 0 Å². The first-order chi connectivity index (χ1) is 6.67. The summed E-state index contributed by atoms with van der Waals surface area (Å²) in [5, 5.41) is 17.9. The summed E-state index contributed by atoms with van der Waals surface area (Å²) in [6.45, 7) is 7.31. The Morgan fingerprint density at radius 3 is 1.80 bits per heavy atom. The first-order valence-electron chi connectivity index (χ1n) is 5.12. The van der Waals surface area contributed by atoms with E-state index < -0.39 is 22.8 Å². The summed E-state index contributed by atoms with van der Waals surface area (Å²) < 4.78 is 0. The molecule has 0 bridgehead atoms. The fourth-order valence-corrected chi connectivity index (χ4v) is 1.98. The monoisotopic (exact) mass is 216 g/mol. The van der Waals surface area contributed by atoms with Crippen molar-refractivity contribution in [2.45, 2.75) is 47.0 Å². The van der Waals surface area contributed by atoms with E-state index in [0.29, 0.717) is 6.42 Å². The minimum absolute atomic E-state index is 0.0998. The fourth-order valence-electron chi connectivity index (χ4n) is 1.98. The van der Waals surface area contributed by atoms with Gasteiger partial charge < -0.3 is 10.2 Å². The SMILES string of the molecule is CCC(CCC(=O)O)(C(=O)O)C(C)(C)C. The maximum absolute atomic E-state index is 11.3. The summed E-state index contributed by atoms with van der Waals surface area (Å²) in [7, 11) is 0. The Bertz CT molecular complexity index is 252. The minimum Gasteiger partial charge on any atom is -0.481 e. The second-order valence-corrected chi connectivity index (χ2v) is 4.88. The summed E-state index contributed by atoms with van der Waals surface area (Å²) in [4.78, 5) is 21.8. The molecule has 1 unspecified atom stereocenters. The van der Waals surface area contributed by atoms with Crippen LogP contribution in [-0.2, 0) is 9.59 Å².